The predicted molar refractivity (Wildman–Crippen MR) is 247 cm³/mol. The predicted octanol–water partition coefficient (Wildman–Crippen LogP) is 15.6. The summed E-state index contributed by atoms with van der Waals surface area (Å²) in [5.74, 6) is 0. The molecule has 0 bridgehead atoms. The summed E-state index contributed by atoms with van der Waals surface area (Å²) in [7, 11) is 0. The van der Waals surface area contributed by atoms with Crippen molar-refractivity contribution in [1.29, 1.82) is 0 Å². The van der Waals surface area contributed by atoms with E-state index in [9.17, 15) is 0 Å². The molecule has 0 unspecified atom stereocenters. The SMILES string of the molecule is [2H]c1ccc(-c2ccc(N(c3ccc(-c4ccc5c(ccc6ccccc65)c4)cc3)c3cccc(-c4cccc5c4c4ccccc4n5-c4ccccc4)c3)cc2)cc1. The number of aromatic nitrogens is 1. The van der Waals surface area contributed by atoms with Crippen molar-refractivity contribution in [1.82, 2.24) is 4.57 Å². The van der Waals surface area contributed by atoms with Crippen LogP contribution in [0.15, 0.2) is 230 Å². The second kappa shape index (κ2) is 14.1. The Hall–Kier alpha value is -7.68. The van der Waals surface area contributed by atoms with Crippen LogP contribution in [0.1, 0.15) is 1.37 Å². The van der Waals surface area contributed by atoms with Gasteiger partial charge in [0.05, 0.1) is 12.4 Å². The maximum Gasteiger partial charge on any atom is 0.0623 e. The van der Waals surface area contributed by atoms with Gasteiger partial charge in [-0.15, -0.1) is 0 Å². The zero-order valence-electron chi connectivity index (χ0n) is 32.8. The Morgan fingerprint density at radius 2 is 0.931 bits per heavy atom. The minimum absolute atomic E-state index is 0.511. The van der Waals surface area contributed by atoms with Gasteiger partial charge < -0.3 is 9.47 Å². The lowest BCUT2D eigenvalue weighted by Crippen LogP contribution is -2.10. The van der Waals surface area contributed by atoms with Crippen molar-refractivity contribution in [2.45, 2.75) is 0 Å². The van der Waals surface area contributed by atoms with Gasteiger partial charge in [-0.05, 0) is 122 Å². The van der Waals surface area contributed by atoms with Gasteiger partial charge in [0.15, 0.2) is 0 Å². The summed E-state index contributed by atoms with van der Waals surface area (Å²) < 4.78 is 10.3. The van der Waals surface area contributed by atoms with Gasteiger partial charge in [-0.1, -0.05) is 164 Å². The first-order valence-corrected chi connectivity index (χ1v) is 19.8. The third kappa shape index (κ3) is 5.82. The van der Waals surface area contributed by atoms with E-state index in [-0.39, 0.29) is 0 Å². The standard InChI is InChI=1S/C56H38N2/c1-3-13-39(14-4-1)40-27-32-47(33-28-40)57(48-34-29-41(30-35-48)43-31-36-51-45(37-43)26-25-42-15-7-8-20-50(42)51)49-19-11-16-44(38-49)52-22-12-24-55-56(52)53-21-9-10-23-54(53)58(55)46-17-5-2-6-18-46/h1-38H/i1D. The number of hydrogen-bond donors (Lipinski definition) is 0. The summed E-state index contributed by atoms with van der Waals surface area (Å²) in [6.45, 7) is 0. The van der Waals surface area contributed by atoms with Gasteiger partial charge in [-0.25, -0.2) is 0 Å². The first-order chi connectivity index (χ1) is 29.2. The molecule has 0 atom stereocenters. The van der Waals surface area contributed by atoms with Crippen LogP contribution in [0.3, 0.4) is 0 Å². The van der Waals surface area contributed by atoms with E-state index in [1.54, 1.807) is 0 Å². The molecule has 0 aliphatic heterocycles. The Morgan fingerprint density at radius 3 is 1.72 bits per heavy atom. The van der Waals surface area contributed by atoms with Crippen LogP contribution in [0.4, 0.5) is 17.1 Å². The number of nitrogens with zero attached hydrogens (tertiary/aromatic N) is 2. The Balaban J connectivity index is 1.03. The average molecular weight is 740 g/mol. The third-order valence-corrected chi connectivity index (χ3v) is 11.5. The van der Waals surface area contributed by atoms with Crippen LogP contribution >= 0.6 is 0 Å². The van der Waals surface area contributed by atoms with E-state index < -0.39 is 0 Å². The Kier molecular flexibility index (Phi) is 7.92. The maximum absolute atomic E-state index is 7.97. The summed E-state index contributed by atoms with van der Waals surface area (Å²) in [6.07, 6.45) is 0. The minimum Gasteiger partial charge on any atom is -0.310 e. The maximum atomic E-state index is 7.97. The Bertz CT molecular complexity index is 3310. The van der Waals surface area contributed by atoms with Crippen molar-refractivity contribution >= 4 is 60.4 Å². The second-order valence-electron chi connectivity index (χ2n) is 14.9. The van der Waals surface area contributed by atoms with Gasteiger partial charge in [0, 0.05) is 33.5 Å². The summed E-state index contributed by atoms with van der Waals surface area (Å²) in [5.41, 5.74) is 13.7. The lowest BCUT2D eigenvalue weighted by molar-refractivity contribution is 1.18. The Morgan fingerprint density at radius 1 is 0.345 bits per heavy atom. The minimum atomic E-state index is 0.511. The highest BCUT2D eigenvalue weighted by atomic mass is 15.1. The zero-order chi connectivity index (χ0) is 39.3. The summed E-state index contributed by atoms with van der Waals surface area (Å²) in [4.78, 5) is 2.35. The topological polar surface area (TPSA) is 8.17 Å². The van der Waals surface area contributed by atoms with Gasteiger partial charge >= 0.3 is 0 Å². The summed E-state index contributed by atoms with van der Waals surface area (Å²) in [6, 6.07) is 80.8. The average Bonchev–Trinajstić information content (AvgIpc) is 3.65. The smallest absolute Gasteiger partial charge is 0.0623 e. The number of para-hydroxylation sites is 2. The highest BCUT2D eigenvalue weighted by Gasteiger charge is 2.18. The molecule has 10 aromatic carbocycles. The molecule has 0 amide bonds. The number of rotatable bonds is 7. The molecular weight excluding hydrogens is 701 g/mol. The van der Waals surface area contributed by atoms with Crippen LogP contribution in [0.2, 0.25) is 0 Å². The largest absolute Gasteiger partial charge is 0.310 e. The van der Waals surface area contributed by atoms with Gasteiger partial charge in [-0.3, -0.25) is 0 Å². The molecule has 0 saturated carbocycles. The van der Waals surface area contributed by atoms with Crippen molar-refractivity contribution < 1.29 is 1.37 Å². The van der Waals surface area contributed by atoms with Gasteiger partial charge in [0.25, 0.3) is 0 Å². The number of benzene rings is 10. The normalized spacial score (nSPS) is 11.7. The van der Waals surface area contributed by atoms with E-state index >= 15 is 0 Å². The molecule has 2 nitrogen and oxygen atoms in total. The molecule has 0 aliphatic rings. The second-order valence-corrected chi connectivity index (χ2v) is 14.9. The van der Waals surface area contributed by atoms with E-state index in [1.165, 1.54) is 60.0 Å². The van der Waals surface area contributed by atoms with Crippen LogP contribution in [-0.2, 0) is 0 Å². The van der Waals surface area contributed by atoms with Gasteiger partial charge in [0.1, 0.15) is 0 Å². The molecular formula is C56H38N2. The number of anilines is 3. The molecule has 11 aromatic rings. The molecule has 0 spiro atoms. The first kappa shape index (κ1) is 32.6. The van der Waals surface area contributed by atoms with Crippen molar-refractivity contribution in [2.24, 2.45) is 0 Å². The van der Waals surface area contributed by atoms with Crippen molar-refractivity contribution in [3.8, 4) is 39.1 Å². The zero-order valence-corrected chi connectivity index (χ0v) is 31.8. The van der Waals surface area contributed by atoms with E-state index in [4.69, 9.17) is 1.37 Å². The molecule has 58 heavy (non-hydrogen) atoms. The molecule has 1 aromatic heterocycles. The van der Waals surface area contributed by atoms with E-state index in [1.807, 2.05) is 24.3 Å². The van der Waals surface area contributed by atoms with E-state index in [0.29, 0.717) is 6.04 Å². The van der Waals surface area contributed by atoms with Crippen LogP contribution in [0.25, 0.3) is 82.4 Å². The quantitative estimate of drug-likeness (QED) is 0.148. The molecule has 2 heteroatoms. The van der Waals surface area contributed by atoms with E-state index in [0.717, 1.165) is 39.4 Å². The monoisotopic (exact) mass is 739 g/mol. The summed E-state index contributed by atoms with van der Waals surface area (Å²) in [5, 5.41) is 7.53. The van der Waals surface area contributed by atoms with Crippen molar-refractivity contribution in [3.63, 3.8) is 0 Å². The highest BCUT2D eigenvalue weighted by molar-refractivity contribution is 6.16. The molecule has 11 rings (SSSR count). The number of fused-ring (bicyclic) bond motifs is 6. The van der Waals surface area contributed by atoms with Crippen LogP contribution in [0.5, 0.6) is 0 Å². The van der Waals surface area contributed by atoms with E-state index in [2.05, 4.69) is 210 Å². The molecule has 0 radical (unpaired) electrons. The van der Waals surface area contributed by atoms with Gasteiger partial charge in [-0.2, -0.15) is 0 Å². The third-order valence-electron chi connectivity index (χ3n) is 11.5. The van der Waals surface area contributed by atoms with Crippen LogP contribution in [-0.4, -0.2) is 4.57 Å². The number of hydrogen-bond acceptors (Lipinski definition) is 1. The molecule has 272 valence electrons. The molecule has 0 fully saturated rings. The van der Waals surface area contributed by atoms with Gasteiger partial charge in [0.2, 0.25) is 0 Å². The summed E-state index contributed by atoms with van der Waals surface area (Å²) >= 11 is 0. The fraction of sp³-hybridized carbons (Fsp3) is 0. The molecule has 0 N–H and O–H groups in total. The van der Waals surface area contributed by atoms with Crippen molar-refractivity contribution in [3.05, 3.63) is 230 Å². The molecule has 0 saturated heterocycles. The van der Waals surface area contributed by atoms with Crippen LogP contribution in [0, 0.1) is 0 Å². The first-order valence-electron chi connectivity index (χ1n) is 20.3. The fourth-order valence-corrected chi connectivity index (χ4v) is 8.75. The Labute approximate surface area is 339 Å². The highest BCUT2D eigenvalue weighted by Crippen LogP contribution is 2.42. The van der Waals surface area contributed by atoms with Crippen molar-refractivity contribution in [2.75, 3.05) is 4.90 Å². The molecule has 1 heterocycles. The lowest BCUT2D eigenvalue weighted by Gasteiger charge is -2.26. The molecule has 0 aliphatic carbocycles. The van der Waals surface area contributed by atoms with Crippen LogP contribution < -0.4 is 4.90 Å². The lowest BCUT2D eigenvalue weighted by atomic mass is 9.97. The fourth-order valence-electron chi connectivity index (χ4n) is 8.75.